The van der Waals surface area contributed by atoms with E-state index in [-0.39, 0.29) is 11.9 Å². The minimum absolute atomic E-state index is 0.0497. The molecule has 0 amide bonds. The Hall–Kier alpha value is -1.26. The van der Waals surface area contributed by atoms with Gasteiger partial charge in [0.25, 0.3) is 0 Å². The monoisotopic (exact) mass is 312 g/mol. The standard InChI is InChI=1S/C16H25ClN2O2/c1-3-4-5-6-7-12(2)21-11-14-9-8-13(10-15(14)17)16(18)19-20/h8-10,12,20H,3-7,11H2,1-2H3,(H2,18,19). The molecule has 0 spiro atoms. The lowest BCUT2D eigenvalue weighted by Crippen LogP contribution is -2.13. The molecule has 118 valence electrons. The van der Waals surface area contributed by atoms with Gasteiger partial charge in [0, 0.05) is 10.6 Å². The van der Waals surface area contributed by atoms with Crippen LogP contribution in [-0.4, -0.2) is 17.1 Å². The number of ether oxygens (including phenoxy) is 1. The normalized spacial score (nSPS) is 13.4. The molecular weight excluding hydrogens is 288 g/mol. The van der Waals surface area contributed by atoms with Gasteiger partial charge in [-0.3, -0.25) is 0 Å². The molecule has 0 heterocycles. The van der Waals surface area contributed by atoms with Crippen molar-refractivity contribution in [2.45, 2.75) is 58.7 Å². The predicted octanol–water partition coefficient (Wildman–Crippen LogP) is 4.31. The van der Waals surface area contributed by atoms with Crippen LogP contribution in [0.15, 0.2) is 23.4 Å². The van der Waals surface area contributed by atoms with Gasteiger partial charge in [0.15, 0.2) is 5.84 Å². The molecule has 0 aliphatic heterocycles. The van der Waals surface area contributed by atoms with Crippen LogP contribution in [0, 0.1) is 0 Å². The Morgan fingerprint density at radius 3 is 2.76 bits per heavy atom. The molecule has 0 saturated heterocycles. The summed E-state index contributed by atoms with van der Waals surface area (Å²) in [5.74, 6) is 0.0497. The summed E-state index contributed by atoms with van der Waals surface area (Å²) in [6.45, 7) is 4.77. The Morgan fingerprint density at radius 2 is 2.14 bits per heavy atom. The molecule has 0 aliphatic carbocycles. The van der Waals surface area contributed by atoms with E-state index in [0.717, 1.165) is 12.0 Å². The zero-order valence-corrected chi connectivity index (χ0v) is 13.6. The molecular formula is C16H25ClN2O2. The van der Waals surface area contributed by atoms with Gasteiger partial charge in [-0.1, -0.05) is 61.5 Å². The summed E-state index contributed by atoms with van der Waals surface area (Å²) in [7, 11) is 0. The number of oxime groups is 1. The summed E-state index contributed by atoms with van der Waals surface area (Å²) in [5.41, 5.74) is 7.03. The molecule has 1 rings (SSSR count). The quantitative estimate of drug-likeness (QED) is 0.235. The summed E-state index contributed by atoms with van der Waals surface area (Å²) < 4.78 is 5.82. The van der Waals surface area contributed by atoms with Crippen molar-refractivity contribution < 1.29 is 9.94 Å². The van der Waals surface area contributed by atoms with Crippen LogP contribution in [0.25, 0.3) is 0 Å². The first-order chi connectivity index (χ1) is 10.1. The zero-order chi connectivity index (χ0) is 15.7. The molecule has 3 N–H and O–H groups in total. The van der Waals surface area contributed by atoms with Gasteiger partial charge >= 0.3 is 0 Å². The van der Waals surface area contributed by atoms with E-state index in [1.54, 1.807) is 12.1 Å². The van der Waals surface area contributed by atoms with Crippen LogP contribution in [0.3, 0.4) is 0 Å². The van der Waals surface area contributed by atoms with Crippen molar-refractivity contribution >= 4 is 17.4 Å². The summed E-state index contributed by atoms with van der Waals surface area (Å²) in [6, 6.07) is 5.30. The number of halogens is 1. The number of hydrogen-bond donors (Lipinski definition) is 2. The lowest BCUT2D eigenvalue weighted by atomic mass is 10.1. The lowest BCUT2D eigenvalue weighted by molar-refractivity contribution is 0.0459. The number of nitrogens with two attached hydrogens (primary N) is 1. The Labute approximate surface area is 131 Å². The van der Waals surface area contributed by atoms with Gasteiger partial charge in [0.1, 0.15) is 0 Å². The van der Waals surface area contributed by atoms with Crippen LogP contribution >= 0.6 is 11.6 Å². The molecule has 0 fully saturated rings. The van der Waals surface area contributed by atoms with E-state index in [0.29, 0.717) is 17.2 Å². The number of rotatable bonds is 9. The van der Waals surface area contributed by atoms with Crippen LogP contribution < -0.4 is 5.73 Å². The van der Waals surface area contributed by atoms with E-state index < -0.39 is 0 Å². The third-order valence-corrected chi connectivity index (χ3v) is 3.80. The molecule has 1 atom stereocenters. The summed E-state index contributed by atoms with van der Waals surface area (Å²) >= 11 is 6.19. The van der Waals surface area contributed by atoms with Crippen molar-refractivity contribution in [1.29, 1.82) is 0 Å². The number of hydrogen-bond acceptors (Lipinski definition) is 3. The summed E-state index contributed by atoms with van der Waals surface area (Å²) in [5, 5.41) is 12.2. The van der Waals surface area contributed by atoms with Crippen molar-refractivity contribution in [3.05, 3.63) is 34.3 Å². The van der Waals surface area contributed by atoms with Gasteiger partial charge in [-0.05, 0) is 25.0 Å². The van der Waals surface area contributed by atoms with Gasteiger partial charge in [-0.15, -0.1) is 0 Å². The smallest absolute Gasteiger partial charge is 0.170 e. The third kappa shape index (κ3) is 6.36. The molecule has 0 saturated carbocycles. The van der Waals surface area contributed by atoms with Crippen molar-refractivity contribution in [2.24, 2.45) is 10.9 Å². The number of unbranched alkanes of at least 4 members (excludes halogenated alkanes) is 3. The molecule has 0 aromatic heterocycles. The zero-order valence-electron chi connectivity index (χ0n) is 12.8. The van der Waals surface area contributed by atoms with Crippen LogP contribution in [0.1, 0.15) is 57.1 Å². The summed E-state index contributed by atoms with van der Waals surface area (Å²) in [6.07, 6.45) is 6.29. The molecule has 1 aromatic carbocycles. The number of amidine groups is 1. The van der Waals surface area contributed by atoms with Crippen LogP contribution in [0.2, 0.25) is 5.02 Å². The highest BCUT2D eigenvalue weighted by Gasteiger charge is 2.08. The van der Waals surface area contributed by atoms with Crippen molar-refractivity contribution in [1.82, 2.24) is 0 Å². The van der Waals surface area contributed by atoms with E-state index >= 15 is 0 Å². The average molecular weight is 313 g/mol. The van der Waals surface area contributed by atoms with Crippen molar-refractivity contribution in [3.63, 3.8) is 0 Å². The van der Waals surface area contributed by atoms with E-state index in [2.05, 4.69) is 19.0 Å². The van der Waals surface area contributed by atoms with E-state index in [1.807, 2.05) is 6.07 Å². The van der Waals surface area contributed by atoms with Crippen LogP contribution in [0.5, 0.6) is 0 Å². The molecule has 0 aliphatic rings. The largest absolute Gasteiger partial charge is 0.409 e. The first-order valence-electron chi connectivity index (χ1n) is 7.46. The molecule has 1 unspecified atom stereocenters. The van der Waals surface area contributed by atoms with Gasteiger partial charge in [0.05, 0.1) is 12.7 Å². The first-order valence-corrected chi connectivity index (χ1v) is 7.84. The van der Waals surface area contributed by atoms with Gasteiger partial charge in [-0.25, -0.2) is 0 Å². The van der Waals surface area contributed by atoms with E-state index in [4.69, 9.17) is 27.3 Å². The maximum Gasteiger partial charge on any atom is 0.170 e. The predicted molar refractivity (Wildman–Crippen MR) is 87.0 cm³/mol. The highest BCUT2D eigenvalue weighted by atomic mass is 35.5. The van der Waals surface area contributed by atoms with Crippen LogP contribution in [0.4, 0.5) is 0 Å². The third-order valence-electron chi connectivity index (χ3n) is 3.44. The lowest BCUT2D eigenvalue weighted by Gasteiger charge is -2.14. The molecule has 4 nitrogen and oxygen atoms in total. The fraction of sp³-hybridized carbons (Fsp3) is 0.562. The number of nitrogens with zero attached hydrogens (tertiary/aromatic N) is 1. The minimum Gasteiger partial charge on any atom is -0.409 e. The average Bonchev–Trinajstić information content (AvgIpc) is 2.49. The minimum atomic E-state index is 0.0497. The fourth-order valence-electron chi connectivity index (χ4n) is 2.06. The maximum absolute atomic E-state index is 8.64. The summed E-state index contributed by atoms with van der Waals surface area (Å²) in [4.78, 5) is 0. The van der Waals surface area contributed by atoms with Crippen molar-refractivity contribution in [3.8, 4) is 0 Å². The van der Waals surface area contributed by atoms with Gasteiger partial charge in [0.2, 0.25) is 0 Å². The Bertz CT molecular complexity index is 464. The highest BCUT2D eigenvalue weighted by Crippen LogP contribution is 2.20. The second-order valence-corrected chi connectivity index (χ2v) is 5.67. The first kappa shape index (κ1) is 17.8. The van der Waals surface area contributed by atoms with E-state index in [1.165, 1.54) is 25.7 Å². The fourth-order valence-corrected chi connectivity index (χ4v) is 2.29. The maximum atomic E-state index is 8.64. The Kier molecular flexibility index (Phi) is 8.16. The van der Waals surface area contributed by atoms with Gasteiger partial charge < -0.3 is 15.7 Å². The second kappa shape index (κ2) is 9.64. The van der Waals surface area contributed by atoms with E-state index in [9.17, 15) is 0 Å². The van der Waals surface area contributed by atoms with Crippen LogP contribution in [-0.2, 0) is 11.3 Å². The Morgan fingerprint density at radius 1 is 1.38 bits per heavy atom. The number of benzene rings is 1. The topological polar surface area (TPSA) is 67.8 Å². The molecule has 1 aromatic rings. The highest BCUT2D eigenvalue weighted by molar-refractivity contribution is 6.31. The molecule has 0 radical (unpaired) electrons. The Balaban J connectivity index is 2.45. The van der Waals surface area contributed by atoms with Gasteiger partial charge in [-0.2, -0.15) is 0 Å². The SMILES string of the molecule is CCCCCCC(C)OCc1ccc(/C(N)=N/O)cc1Cl. The molecule has 5 heteroatoms. The molecule has 0 bridgehead atoms. The second-order valence-electron chi connectivity index (χ2n) is 5.26. The molecule has 21 heavy (non-hydrogen) atoms. The van der Waals surface area contributed by atoms with Crippen molar-refractivity contribution in [2.75, 3.05) is 0 Å².